The molecule has 0 aromatic heterocycles. The highest BCUT2D eigenvalue weighted by molar-refractivity contribution is 4.93. The summed E-state index contributed by atoms with van der Waals surface area (Å²) < 4.78 is 18.2. The molecule has 2 heterocycles. The standard InChI is InChI=1S/C19H32O4/c1-4-5-6-12-21-17-13(2)15-9-7-8-14-10-11-19(3,20)23-18(22-17)16(14)15/h4,13-18,20H,1,5-12H2,2-3H3. The Morgan fingerprint density at radius 3 is 2.96 bits per heavy atom. The van der Waals surface area contributed by atoms with Gasteiger partial charge >= 0.3 is 0 Å². The molecule has 0 amide bonds. The molecule has 0 aromatic carbocycles. The van der Waals surface area contributed by atoms with Crippen LogP contribution in [0.25, 0.3) is 0 Å². The first-order chi connectivity index (χ1) is 11.0. The van der Waals surface area contributed by atoms with Gasteiger partial charge in [-0.2, -0.15) is 0 Å². The Balaban J connectivity index is 1.72. The van der Waals surface area contributed by atoms with Gasteiger partial charge in [0.1, 0.15) is 0 Å². The highest BCUT2D eigenvalue weighted by Gasteiger charge is 2.52. The lowest BCUT2D eigenvalue weighted by atomic mass is 9.65. The largest absolute Gasteiger partial charge is 0.366 e. The lowest BCUT2D eigenvalue weighted by molar-refractivity contribution is -0.368. The number of ether oxygens (including phenoxy) is 3. The van der Waals surface area contributed by atoms with Crippen molar-refractivity contribution in [2.24, 2.45) is 23.7 Å². The molecule has 0 spiro atoms. The molecule has 3 aliphatic rings. The predicted octanol–water partition coefficient (Wildman–Crippen LogP) is 3.84. The molecule has 2 saturated heterocycles. The smallest absolute Gasteiger partial charge is 0.167 e. The van der Waals surface area contributed by atoms with Crippen molar-refractivity contribution in [2.45, 2.75) is 77.2 Å². The summed E-state index contributed by atoms with van der Waals surface area (Å²) in [7, 11) is 0. The van der Waals surface area contributed by atoms with Crippen LogP contribution in [0.5, 0.6) is 0 Å². The Morgan fingerprint density at radius 1 is 1.35 bits per heavy atom. The molecule has 1 aliphatic carbocycles. The van der Waals surface area contributed by atoms with Gasteiger partial charge in [-0.05, 0) is 50.9 Å². The summed E-state index contributed by atoms with van der Waals surface area (Å²) in [6, 6.07) is 0. The second-order valence-electron chi connectivity index (χ2n) is 7.80. The monoisotopic (exact) mass is 324 g/mol. The summed E-state index contributed by atoms with van der Waals surface area (Å²) in [6.07, 6.45) is 8.75. The van der Waals surface area contributed by atoms with Crippen molar-refractivity contribution >= 4 is 0 Å². The average molecular weight is 324 g/mol. The van der Waals surface area contributed by atoms with Crippen molar-refractivity contribution in [1.29, 1.82) is 0 Å². The van der Waals surface area contributed by atoms with Crippen molar-refractivity contribution in [3.05, 3.63) is 12.7 Å². The van der Waals surface area contributed by atoms with Crippen LogP contribution in [-0.2, 0) is 14.2 Å². The van der Waals surface area contributed by atoms with Crippen molar-refractivity contribution in [1.82, 2.24) is 0 Å². The first-order valence-corrected chi connectivity index (χ1v) is 9.30. The topological polar surface area (TPSA) is 47.9 Å². The van der Waals surface area contributed by atoms with Crippen molar-refractivity contribution < 1.29 is 19.3 Å². The number of unbranched alkanes of at least 4 members (excludes halogenated alkanes) is 1. The maximum Gasteiger partial charge on any atom is 0.167 e. The zero-order valence-corrected chi connectivity index (χ0v) is 14.6. The van der Waals surface area contributed by atoms with Gasteiger partial charge in [-0.3, -0.25) is 0 Å². The molecule has 0 radical (unpaired) electrons. The van der Waals surface area contributed by atoms with E-state index >= 15 is 0 Å². The Kier molecular flexibility index (Phi) is 5.46. The van der Waals surface area contributed by atoms with E-state index in [4.69, 9.17) is 14.2 Å². The second kappa shape index (κ2) is 7.22. The van der Waals surface area contributed by atoms with Gasteiger partial charge in [0.2, 0.25) is 0 Å². The summed E-state index contributed by atoms with van der Waals surface area (Å²) in [5.74, 6) is 0.887. The average Bonchev–Trinajstić information content (AvgIpc) is 2.65. The van der Waals surface area contributed by atoms with Gasteiger partial charge in [-0.15, -0.1) is 6.58 Å². The molecule has 0 aromatic rings. The normalized spacial score (nSPS) is 46.7. The SMILES string of the molecule is C=CCCCOC1OC2OC(C)(O)CCC3CCCC(C1C)C32. The quantitative estimate of drug-likeness (QED) is 0.616. The lowest BCUT2D eigenvalue weighted by Gasteiger charge is -2.50. The van der Waals surface area contributed by atoms with Crippen LogP contribution in [0.15, 0.2) is 12.7 Å². The number of hydrogen-bond donors (Lipinski definition) is 1. The van der Waals surface area contributed by atoms with E-state index in [1.54, 1.807) is 6.92 Å². The van der Waals surface area contributed by atoms with Gasteiger partial charge in [0.25, 0.3) is 0 Å². The van der Waals surface area contributed by atoms with Crippen LogP contribution in [0.3, 0.4) is 0 Å². The molecule has 23 heavy (non-hydrogen) atoms. The van der Waals surface area contributed by atoms with Crippen molar-refractivity contribution in [3.8, 4) is 0 Å². The Morgan fingerprint density at radius 2 is 2.17 bits per heavy atom. The van der Waals surface area contributed by atoms with E-state index in [1.165, 1.54) is 19.3 Å². The maximum atomic E-state index is 10.5. The molecule has 3 rings (SSSR count). The minimum absolute atomic E-state index is 0.223. The number of rotatable bonds is 5. The van der Waals surface area contributed by atoms with Crippen LogP contribution >= 0.6 is 0 Å². The fraction of sp³-hybridized carbons (Fsp3) is 0.895. The van der Waals surface area contributed by atoms with Gasteiger partial charge < -0.3 is 19.3 Å². The molecule has 1 saturated carbocycles. The molecule has 3 fully saturated rings. The Bertz CT molecular complexity index is 408. The van der Waals surface area contributed by atoms with E-state index in [1.807, 2.05) is 6.08 Å². The van der Waals surface area contributed by atoms with E-state index < -0.39 is 5.79 Å². The van der Waals surface area contributed by atoms with E-state index in [2.05, 4.69) is 13.5 Å². The van der Waals surface area contributed by atoms with Gasteiger partial charge in [-0.1, -0.05) is 19.4 Å². The fourth-order valence-corrected chi connectivity index (χ4v) is 4.76. The highest BCUT2D eigenvalue weighted by Crippen LogP contribution is 2.51. The summed E-state index contributed by atoms with van der Waals surface area (Å²) >= 11 is 0. The zero-order valence-electron chi connectivity index (χ0n) is 14.6. The third-order valence-electron chi connectivity index (χ3n) is 6.02. The van der Waals surface area contributed by atoms with Crippen LogP contribution in [0.1, 0.15) is 58.8 Å². The summed E-state index contributed by atoms with van der Waals surface area (Å²) in [5.41, 5.74) is 0. The van der Waals surface area contributed by atoms with Gasteiger partial charge in [0, 0.05) is 18.3 Å². The minimum atomic E-state index is -1.08. The number of aliphatic hydroxyl groups is 1. The Labute approximate surface area is 140 Å². The zero-order chi connectivity index (χ0) is 16.4. The first kappa shape index (κ1) is 17.4. The number of hydrogen-bond acceptors (Lipinski definition) is 4. The van der Waals surface area contributed by atoms with Crippen molar-refractivity contribution in [3.63, 3.8) is 0 Å². The third kappa shape index (κ3) is 3.81. The molecule has 0 bridgehead atoms. The van der Waals surface area contributed by atoms with Gasteiger partial charge in [0.15, 0.2) is 18.4 Å². The van der Waals surface area contributed by atoms with Gasteiger partial charge in [-0.25, -0.2) is 0 Å². The molecular formula is C19H32O4. The fourth-order valence-electron chi connectivity index (χ4n) is 4.76. The second-order valence-corrected chi connectivity index (χ2v) is 7.80. The van der Waals surface area contributed by atoms with Crippen LogP contribution in [-0.4, -0.2) is 30.1 Å². The summed E-state index contributed by atoms with van der Waals surface area (Å²) in [5, 5.41) is 10.5. The molecule has 132 valence electrons. The van der Waals surface area contributed by atoms with Crippen LogP contribution in [0.4, 0.5) is 0 Å². The minimum Gasteiger partial charge on any atom is -0.366 e. The molecule has 7 atom stereocenters. The lowest BCUT2D eigenvalue weighted by Crippen LogP contribution is -2.53. The molecule has 4 heteroatoms. The number of allylic oxidation sites excluding steroid dienone is 1. The van der Waals surface area contributed by atoms with Gasteiger partial charge in [0.05, 0.1) is 6.61 Å². The molecule has 7 unspecified atom stereocenters. The highest BCUT2D eigenvalue weighted by atomic mass is 16.8. The van der Waals surface area contributed by atoms with Crippen LogP contribution in [0, 0.1) is 23.7 Å². The third-order valence-corrected chi connectivity index (χ3v) is 6.02. The maximum absolute atomic E-state index is 10.5. The van der Waals surface area contributed by atoms with E-state index in [-0.39, 0.29) is 12.6 Å². The van der Waals surface area contributed by atoms with E-state index in [9.17, 15) is 5.11 Å². The van der Waals surface area contributed by atoms with Crippen LogP contribution < -0.4 is 0 Å². The molecule has 4 nitrogen and oxygen atoms in total. The molecule has 1 N–H and O–H groups in total. The van der Waals surface area contributed by atoms with E-state index in [0.29, 0.717) is 36.7 Å². The summed E-state index contributed by atoms with van der Waals surface area (Å²) in [6.45, 7) is 8.45. The van der Waals surface area contributed by atoms with E-state index in [0.717, 1.165) is 19.3 Å². The first-order valence-electron chi connectivity index (χ1n) is 9.30. The molecule has 2 aliphatic heterocycles. The van der Waals surface area contributed by atoms with Crippen LogP contribution in [0.2, 0.25) is 0 Å². The Hall–Kier alpha value is -0.420. The summed E-state index contributed by atoms with van der Waals surface area (Å²) in [4.78, 5) is 0. The molecular weight excluding hydrogens is 292 g/mol. The van der Waals surface area contributed by atoms with Crippen molar-refractivity contribution in [2.75, 3.05) is 6.61 Å². The predicted molar refractivity (Wildman–Crippen MR) is 88.5 cm³/mol.